The Bertz CT molecular complexity index is 639. The monoisotopic (exact) mass is 300 g/mol. The maximum atomic E-state index is 10.9. The van der Waals surface area contributed by atoms with Gasteiger partial charge in [0.15, 0.2) is 0 Å². The van der Waals surface area contributed by atoms with Crippen LogP contribution in [0.5, 0.6) is 5.75 Å². The van der Waals surface area contributed by atoms with Crippen LogP contribution in [0.4, 0.5) is 17.1 Å². The van der Waals surface area contributed by atoms with E-state index in [0.717, 1.165) is 24.3 Å². The van der Waals surface area contributed by atoms with Gasteiger partial charge in [-0.25, -0.2) is 4.79 Å². The molecule has 0 radical (unpaired) electrons. The van der Waals surface area contributed by atoms with Gasteiger partial charge in [-0.15, -0.1) is 0 Å². The number of nitrogens with two attached hydrogens (primary N) is 1. The molecule has 0 bridgehead atoms. The smallest absolute Gasteiger partial charge is 0.335 e. The quantitative estimate of drug-likeness (QED) is 0.533. The second kappa shape index (κ2) is 7.36. The Hall–Kier alpha value is -2.69. The summed E-state index contributed by atoms with van der Waals surface area (Å²) in [7, 11) is 0. The van der Waals surface area contributed by atoms with Crippen molar-refractivity contribution in [3.8, 4) is 5.75 Å². The van der Waals surface area contributed by atoms with Gasteiger partial charge in [0.25, 0.3) is 0 Å². The molecule has 4 N–H and O–H groups in total. The molecule has 0 atom stereocenters. The zero-order chi connectivity index (χ0) is 15.9. The Morgan fingerprint density at radius 3 is 2.55 bits per heavy atom. The predicted molar refractivity (Wildman–Crippen MR) is 87.9 cm³/mol. The third kappa shape index (κ3) is 4.15. The SMILES string of the molecule is CCCCOc1ccc(Nc2ccc(C(=O)O)cc2N)cc1. The number of unbranched alkanes of at least 4 members (excludes halogenated alkanes) is 1. The predicted octanol–water partition coefficient (Wildman–Crippen LogP) is 3.89. The van der Waals surface area contributed by atoms with Crippen molar-refractivity contribution in [2.24, 2.45) is 0 Å². The standard InChI is InChI=1S/C17H20N2O3/c1-2-3-10-22-14-7-5-13(6-8-14)19-16-9-4-12(17(20)21)11-15(16)18/h4-9,11,19H,2-3,10,18H2,1H3,(H,20,21). The summed E-state index contributed by atoms with van der Waals surface area (Å²) in [6.07, 6.45) is 2.14. The number of aromatic carboxylic acids is 1. The van der Waals surface area contributed by atoms with Crippen LogP contribution >= 0.6 is 0 Å². The lowest BCUT2D eigenvalue weighted by Gasteiger charge is -2.11. The second-order valence-electron chi connectivity index (χ2n) is 4.96. The van der Waals surface area contributed by atoms with Crippen LogP contribution in [0.2, 0.25) is 0 Å². The van der Waals surface area contributed by atoms with Gasteiger partial charge in [0.05, 0.1) is 23.5 Å². The van der Waals surface area contributed by atoms with Crippen LogP contribution in [-0.2, 0) is 0 Å². The van der Waals surface area contributed by atoms with Crippen molar-refractivity contribution in [1.29, 1.82) is 0 Å². The van der Waals surface area contributed by atoms with Crippen molar-refractivity contribution in [3.05, 3.63) is 48.0 Å². The van der Waals surface area contributed by atoms with Crippen molar-refractivity contribution < 1.29 is 14.6 Å². The molecule has 5 heteroatoms. The normalized spacial score (nSPS) is 10.2. The van der Waals surface area contributed by atoms with Crippen molar-refractivity contribution in [3.63, 3.8) is 0 Å². The van der Waals surface area contributed by atoms with E-state index in [1.165, 1.54) is 12.1 Å². The Labute approximate surface area is 129 Å². The van der Waals surface area contributed by atoms with Crippen molar-refractivity contribution in [2.75, 3.05) is 17.7 Å². The van der Waals surface area contributed by atoms with Crippen molar-refractivity contribution in [1.82, 2.24) is 0 Å². The summed E-state index contributed by atoms with van der Waals surface area (Å²) in [5.74, 6) is -0.167. The first-order valence-electron chi connectivity index (χ1n) is 7.23. The number of carboxylic acids is 1. The molecule has 5 nitrogen and oxygen atoms in total. The number of anilines is 3. The summed E-state index contributed by atoms with van der Waals surface area (Å²) in [6, 6.07) is 12.2. The van der Waals surface area contributed by atoms with Crippen LogP contribution < -0.4 is 15.8 Å². The van der Waals surface area contributed by atoms with E-state index in [4.69, 9.17) is 15.6 Å². The van der Waals surface area contributed by atoms with Crippen LogP contribution in [0.3, 0.4) is 0 Å². The highest BCUT2D eigenvalue weighted by atomic mass is 16.5. The van der Waals surface area contributed by atoms with E-state index >= 15 is 0 Å². The molecular formula is C17H20N2O3. The van der Waals surface area contributed by atoms with Gasteiger partial charge in [-0.2, -0.15) is 0 Å². The molecule has 0 aliphatic rings. The van der Waals surface area contributed by atoms with Crippen LogP contribution in [0.15, 0.2) is 42.5 Å². The summed E-state index contributed by atoms with van der Waals surface area (Å²) in [5, 5.41) is 12.1. The molecule has 0 aromatic heterocycles. The molecule has 116 valence electrons. The lowest BCUT2D eigenvalue weighted by molar-refractivity contribution is 0.0697. The highest BCUT2D eigenvalue weighted by Gasteiger charge is 2.06. The molecule has 22 heavy (non-hydrogen) atoms. The van der Waals surface area contributed by atoms with Gasteiger partial charge >= 0.3 is 5.97 Å². The lowest BCUT2D eigenvalue weighted by atomic mass is 10.1. The van der Waals surface area contributed by atoms with E-state index in [2.05, 4.69) is 12.2 Å². The summed E-state index contributed by atoms with van der Waals surface area (Å²) in [5.41, 5.74) is 7.96. The number of nitrogens with one attached hydrogen (secondary N) is 1. The minimum absolute atomic E-state index is 0.169. The minimum atomic E-state index is -0.994. The Balaban J connectivity index is 2.03. The van der Waals surface area contributed by atoms with Gasteiger partial charge in [0.1, 0.15) is 5.75 Å². The van der Waals surface area contributed by atoms with Crippen LogP contribution in [0.25, 0.3) is 0 Å². The molecule has 0 amide bonds. The number of hydrogen-bond donors (Lipinski definition) is 3. The molecule has 0 aliphatic carbocycles. The van der Waals surface area contributed by atoms with Gasteiger partial charge in [-0.1, -0.05) is 13.3 Å². The topological polar surface area (TPSA) is 84.6 Å². The second-order valence-corrected chi connectivity index (χ2v) is 4.96. The van der Waals surface area contributed by atoms with E-state index in [1.54, 1.807) is 6.07 Å². The molecule has 2 aromatic rings. The van der Waals surface area contributed by atoms with E-state index in [1.807, 2.05) is 24.3 Å². The fraction of sp³-hybridized carbons (Fsp3) is 0.235. The molecule has 0 saturated carbocycles. The first-order chi connectivity index (χ1) is 10.6. The summed E-state index contributed by atoms with van der Waals surface area (Å²) >= 11 is 0. The van der Waals surface area contributed by atoms with E-state index in [-0.39, 0.29) is 5.56 Å². The molecule has 2 aromatic carbocycles. The van der Waals surface area contributed by atoms with E-state index in [9.17, 15) is 4.79 Å². The summed E-state index contributed by atoms with van der Waals surface area (Å²) < 4.78 is 5.60. The van der Waals surface area contributed by atoms with Crippen LogP contribution in [-0.4, -0.2) is 17.7 Å². The van der Waals surface area contributed by atoms with Gasteiger partial charge in [-0.05, 0) is 48.9 Å². The fourth-order valence-corrected chi connectivity index (χ4v) is 1.93. The number of ether oxygens (including phenoxy) is 1. The molecule has 0 fully saturated rings. The van der Waals surface area contributed by atoms with Gasteiger partial charge in [-0.3, -0.25) is 0 Å². The molecule has 2 rings (SSSR count). The molecule has 0 heterocycles. The molecular weight excluding hydrogens is 280 g/mol. The molecule has 0 spiro atoms. The van der Waals surface area contributed by atoms with Crippen LogP contribution in [0.1, 0.15) is 30.1 Å². The van der Waals surface area contributed by atoms with Gasteiger partial charge in [0.2, 0.25) is 0 Å². The average Bonchev–Trinajstić information content (AvgIpc) is 2.51. The third-order valence-electron chi connectivity index (χ3n) is 3.20. The third-order valence-corrected chi connectivity index (χ3v) is 3.20. The fourth-order valence-electron chi connectivity index (χ4n) is 1.93. The first-order valence-corrected chi connectivity index (χ1v) is 7.23. The molecule has 0 aliphatic heterocycles. The average molecular weight is 300 g/mol. The minimum Gasteiger partial charge on any atom is -0.494 e. The Morgan fingerprint density at radius 2 is 1.95 bits per heavy atom. The van der Waals surface area contributed by atoms with Gasteiger partial charge < -0.3 is 20.9 Å². The number of hydrogen-bond acceptors (Lipinski definition) is 4. The highest BCUT2D eigenvalue weighted by Crippen LogP contribution is 2.25. The number of carbonyl (C=O) groups is 1. The van der Waals surface area contributed by atoms with E-state index in [0.29, 0.717) is 18.0 Å². The first kappa shape index (κ1) is 15.7. The zero-order valence-electron chi connectivity index (χ0n) is 12.5. The van der Waals surface area contributed by atoms with E-state index < -0.39 is 5.97 Å². The summed E-state index contributed by atoms with van der Waals surface area (Å²) in [4.78, 5) is 10.9. The largest absolute Gasteiger partial charge is 0.494 e. The Kier molecular flexibility index (Phi) is 5.25. The van der Waals surface area contributed by atoms with Crippen molar-refractivity contribution in [2.45, 2.75) is 19.8 Å². The van der Waals surface area contributed by atoms with Crippen LogP contribution in [0, 0.1) is 0 Å². The van der Waals surface area contributed by atoms with Gasteiger partial charge in [0, 0.05) is 5.69 Å². The maximum absolute atomic E-state index is 10.9. The molecule has 0 unspecified atom stereocenters. The maximum Gasteiger partial charge on any atom is 0.335 e. The highest BCUT2D eigenvalue weighted by molar-refractivity contribution is 5.90. The van der Waals surface area contributed by atoms with Crippen molar-refractivity contribution >= 4 is 23.0 Å². The lowest BCUT2D eigenvalue weighted by Crippen LogP contribution is -2.01. The number of nitrogen functional groups attached to an aromatic ring is 1. The number of benzene rings is 2. The number of carboxylic acid groups (broad SMARTS) is 1. The zero-order valence-corrected chi connectivity index (χ0v) is 12.5. The molecule has 0 saturated heterocycles. The Morgan fingerprint density at radius 1 is 1.23 bits per heavy atom. The summed E-state index contributed by atoms with van der Waals surface area (Å²) in [6.45, 7) is 2.84. The number of rotatable bonds is 7.